The van der Waals surface area contributed by atoms with E-state index in [1.165, 1.54) is 35.0 Å². The number of nitrogens with one attached hydrogen (secondary N) is 1. The van der Waals surface area contributed by atoms with Crippen molar-refractivity contribution < 1.29 is 13.6 Å². The van der Waals surface area contributed by atoms with E-state index in [-0.39, 0.29) is 29.8 Å². The molecule has 134 valence electrons. The summed E-state index contributed by atoms with van der Waals surface area (Å²) in [6, 6.07) is 11.9. The van der Waals surface area contributed by atoms with Crippen LogP contribution in [0, 0.1) is 11.6 Å². The predicted octanol–water partition coefficient (Wildman–Crippen LogP) is 2.35. The van der Waals surface area contributed by atoms with Gasteiger partial charge in [-0.3, -0.25) is 4.79 Å². The fraction of sp³-hybridized carbons (Fsp3) is 0.118. The first-order valence-electron chi connectivity index (χ1n) is 7.64. The van der Waals surface area contributed by atoms with Crippen LogP contribution in [-0.4, -0.2) is 26.5 Å². The Morgan fingerprint density at radius 3 is 2.58 bits per heavy atom. The Kier molecular flexibility index (Phi) is 5.47. The molecule has 0 unspecified atom stereocenters. The summed E-state index contributed by atoms with van der Waals surface area (Å²) in [5, 5.41) is 10.9. The largest absolute Gasteiger partial charge is 0.351 e. The average molecular weight is 375 g/mol. The second-order valence-corrected chi connectivity index (χ2v) is 6.28. The summed E-state index contributed by atoms with van der Waals surface area (Å²) in [5.41, 5.74) is 1.02. The van der Waals surface area contributed by atoms with Crippen LogP contribution >= 0.6 is 11.8 Å². The van der Waals surface area contributed by atoms with Crippen molar-refractivity contribution in [1.29, 1.82) is 0 Å². The molecule has 3 aromatic rings. The second-order valence-electron chi connectivity index (χ2n) is 5.34. The molecule has 3 rings (SSSR count). The van der Waals surface area contributed by atoms with Crippen molar-refractivity contribution in [2.45, 2.75) is 11.7 Å². The van der Waals surface area contributed by atoms with Crippen molar-refractivity contribution in [3.05, 3.63) is 65.7 Å². The number of carbonyl (C=O) groups excluding carboxylic acids is 1. The summed E-state index contributed by atoms with van der Waals surface area (Å²) >= 11 is 1.10. The van der Waals surface area contributed by atoms with Crippen LogP contribution in [0.1, 0.15) is 5.56 Å². The van der Waals surface area contributed by atoms with Crippen molar-refractivity contribution in [2.24, 2.45) is 0 Å². The fourth-order valence-corrected chi connectivity index (χ4v) is 2.87. The third kappa shape index (κ3) is 4.17. The van der Waals surface area contributed by atoms with Gasteiger partial charge in [0.2, 0.25) is 11.1 Å². The summed E-state index contributed by atoms with van der Waals surface area (Å²) in [6.45, 7) is 0.0994. The van der Waals surface area contributed by atoms with E-state index in [0.717, 1.165) is 11.8 Å². The molecular formula is C17H15F2N5OS. The Bertz CT molecular complexity index is 914. The van der Waals surface area contributed by atoms with Gasteiger partial charge < -0.3 is 11.2 Å². The maximum Gasteiger partial charge on any atom is 0.230 e. The molecule has 1 aromatic heterocycles. The van der Waals surface area contributed by atoms with Gasteiger partial charge in [0.05, 0.1) is 5.75 Å². The number of carbonyl (C=O) groups is 1. The number of hydrogen-bond acceptors (Lipinski definition) is 5. The van der Waals surface area contributed by atoms with Gasteiger partial charge in [0.15, 0.2) is 5.82 Å². The Hall–Kier alpha value is -2.94. The lowest BCUT2D eigenvalue weighted by Crippen LogP contribution is -2.25. The Morgan fingerprint density at radius 2 is 1.85 bits per heavy atom. The zero-order valence-corrected chi connectivity index (χ0v) is 14.3. The average Bonchev–Trinajstić information content (AvgIpc) is 3.00. The normalized spacial score (nSPS) is 10.7. The molecule has 9 heteroatoms. The van der Waals surface area contributed by atoms with E-state index in [1.54, 1.807) is 18.2 Å². The number of hydrogen-bond donors (Lipinski definition) is 2. The van der Waals surface area contributed by atoms with Crippen molar-refractivity contribution in [3.8, 4) is 11.4 Å². The fourth-order valence-electron chi connectivity index (χ4n) is 2.19. The highest BCUT2D eigenvalue weighted by molar-refractivity contribution is 7.99. The van der Waals surface area contributed by atoms with Crippen LogP contribution in [-0.2, 0) is 11.3 Å². The van der Waals surface area contributed by atoms with Crippen LogP contribution < -0.4 is 11.2 Å². The zero-order valence-electron chi connectivity index (χ0n) is 13.5. The molecule has 0 aliphatic carbocycles. The van der Waals surface area contributed by atoms with Gasteiger partial charge >= 0.3 is 0 Å². The Morgan fingerprint density at radius 1 is 1.12 bits per heavy atom. The molecule has 0 fully saturated rings. The molecule has 6 nitrogen and oxygen atoms in total. The molecule has 0 aliphatic heterocycles. The molecule has 2 aromatic carbocycles. The van der Waals surface area contributed by atoms with Crippen LogP contribution in [0.4, 0.5) is 8.78 Å². The molecular weight excluding hydrogens is 360 g/mol. The minimum atomic E-state index is -0.369. The smallest absolute Gasteiger partial charge is 0.230 e. The zero-order chi connectivity index (χ0) is 18.5. The van der Waals surface area contributed by atoms with Gasteiger partial charge in [-0.25, -0.2) is 13.5 Å². The molecule has 3 N–H and O–H groups in total. The number of nitrogen functional groups attached to an aromatic ring is 1. The van der Waals surface area contributed by atoms with Crippen molar-refractivity contribution in [1.82, 2.24) is 20.2 Å². The van der Waals surface area contributed by atoms with E-state index < -0.39 is 0 Å². The lowest BCUT2D eigenvalue weighted by molar-refractivity contribution is -0.118. The van der Waals surface area contributed by atoms with E-state index in [9.17, 15) is 13.6 Å². The standard InChI is InChI=1S/C17H15F2N5OS/c18-13-7-5-11(6-8-13)16-22-23-17(24(16)20)26-10-15(25)21-9-12-3-1-2-4-14(12)19/h1-8H,9-10,20H2,(H,21,25). The molecule has 0 radical (unpaired) electrons. The summed E-state index contributed by atoms with van der Waals surface area (Å²) < 4.78 is 27.7. The number of amides is 1. The van der Waals surface area contributed by atoms with E-state index in [2.05, 4.69) is 15.5 Å². The van der Waals surface area contributed by atoms with Gasteiger partial charge in [-0.15, -0.1) is 10.2 Å². The molecule has 0 aliphatic rings. The molecule has 1 amide bonds. The van der Waals surface area contributed by atoms with Crippen LogP contribution in [0.3, 0.4) is 0 Å². The highest BCUT2D eigenvalue weighted by atomic mass is 32.2. The summed E-state index contributed by atoms with van der Waals surface area (Å²) in [5.74, 6) is 5.33. The molecule has 26 heavy (non-hydrogen) atoms. The van der Waals surface area contributed by atoms with Gasteiger partial charge in [-0.05, 0) is 30.3 Å². The Balaban J connectivity index is 1.57. The molecule has 0 spiro atoms. The summed E-state index contributed by atoms with van der Waals surface area (Å²) in [6.07, 6.45) is 0. The third-order valence-corrected chi connectivity index (χ3v) is 4.48. The van der Waals surface area contributed by atoms with E-state index >= 15 is 0 Å². The van der Waals surface area contributed by atoms with Crippen molar-refractivity contribution in [3.63, 3.8) is 0 Å². The van der Waals surface area contributed by atoms with E-state index in [4.69, 9.17) is 5.84 Å². The van der Waals surface area contributed by atoms with Crippen molar-refractivity contribution in [2.75, 3.05) is 11.6 Å². The lowest BCUT2D eigenvalue weighted by Gasteiger charge is -2.06. The maximum atomic E-state index is 13.5. The van der Waals surface area contributed by atoms with Gasteiger partial charge in [-0.1, -0.05) is 30.0 Å². The molecule has 1 heterocycles. The quantitative estimate of drug-likeness (QED) is 0.510. The predicted molar refractivity (Wildman–Crippen MR) is 94.5 cm³/mol. The van der Waals surface area contributed by atoms with Crippen LogP contribution in [0.15, 0.2) is 53.7 Å². The number of rotatable bonds is 6. The first kappa shape index (κ1) is 17.9. The second kappa shape index (κ2) is 7.96. The van der Waals surface area contributed by atoms with Gasteiger partial charge in [0.1, 0.15) is 11.6 Å². The van der Waals surface area contributed by atoms with Gasteiger partial charge in [-0.2, -0.15) is 0 Å². The number of thioether (sulfide) groups is 1. The molecule has 0 atom stereocenters. The number of aromatic nitrogens is 3. The molecule has 0 saturated heterocycles. The number of benzene rings is 2. The van der Waals surface area contributed by atoms with Crippen molar-refractivity contribution >= 4 is 17.7 Å². The molecule has 0 bridgehead atoms. The summed E-state index contributed by atoms with van der Waals surface area (Å²) in [4.78, 5) is 11.9. The highest BCUT2D eigenvalue weighted by Crippen LogP contribution is 2.21. The number of halogens is 2. The first-order chi connectivity index (χ1) is 12.5. The lowest BCUT2D eigenvalue weighted by atomic mass is 10.2. The van der Waals surface area contributed by atoms with Gasteiger partial charge in [0.25, 0.3) is 0 Å². The highest BCUT2D eigenvalue weighted by Gasteiger charge is 2.14. The minimum Gasteiger partial charge on any atom is -0.351 e. The van der Waals surface area contributed by atoms with Gasteiger partial charge in [0, 0.05) is 17.7 Å². The third-order valence-electron chi connectivity index (χ3n) is 3.53. The Labute approximate surface area is 152 Å². The first-order valence-corrected chi connectivity index (χ1v) is 8.62. The van der Waals surface area contributed by atoms with E-state index in [0.29, 0.717) is 22.1 Å². The minimum absolute atomic E-state index is 0.0488. The maximum absolute atomic E-state index is 13.5. The summed E-state index contributed by atoms with van der Waals surface area (Å²) in [7, 11) is 0. The number of nitrogens with zero attached hydrogens (tertiary/aromatic N) is 3. The van der Waals surface area contributed by atoms with Crippen LogP contribution in [0.25, 0.3) is 11.4 Å². The van der Waals surface area contributed by atoms with Crippen LogP contribution in [0.5, 0.6) is 0 Å². The SMILES string of the molecule is Nn1c(SCC(=O)NCc2ccccc2F)nnc1-c1ccc(F)cc1. The monoisotopic (exact) mass is 375 g/mol. The number of nitrogens with two attached hydrogens (primary N) is 1. The van der Waals surface area contributed by atoms with E-state index in [1.807, 2.05) is 0 Å². The topological polar surface area (TPSA) is 85.8 Å². The van der Waals surface area contributed by atoms with Crippen LogP contribution in [0.2, 0.25) is 0 Å². The molecule has 0 saturated carbocycles.